The van der Waals surface area contributed by atoms with Crippen LogP contribution in [0.2, 0.25) is 0 Å². The summed E-state index contributed by atoms with van der Waals surface area (Å²) in [5.41, 5.74) is 4.25. The molecule has 1 aliphatic rings. The number of hydrogen-bond donors (Lipinski definition) is 1. The summed E-state index contributed by atoms with van der Waals surface area (Å²) < 4.78 is 1.68. The topological polar surface area (TPSA) is 44.3 Å². The van der Waals surface area contributed by atoms with Gasteiger partial charge in [0.1, 0.15) is 0 Å². The standard InChI is InChI=1S/C15H20N4O/c1-4-11-9-18(5-2)19(10-11)13-8-6-7-12-14(13)17(3)15(20)16-12/h6-9H,4-5,10H2,1-3H3,(H,16,20). The van der Waals surface area contributed by atoms with Crippen LogP contribution in [0.3, 0.4) is 0 Å². The fourth-order valence-corrected chi connectivity index (χ4v) is 2.79. The summed E-state index contributed by atoms with van der Waals surface area (Å²) in [5, 5.41) is 4.46. The minimum absolute atomic E-state index is 0.0710. The summed E-state index contributed by atoms with van der Waals surface area (Å²) >= 11 is 0. The zero-order valence-electron chi connectivity index (χ0n) is 12.2. The molecular weight excluding hydrogens is 252 g/mol. The summed E-state index contributed by atoms with van der Waals surface area (Å²) in [6.45, 7) is 6.12. The van der Waals surface area contributed by atoms with E-state index in [9.17, 15) is 4.79 Å². The van der Waals surface area contributed by atoms with Crippen LogP contribution >= 0.6 is 0 Å². The van der Waals surface area contributed by atoms with Crippen LogP contribution < -0.4 is 10.7 Å². The number of fused-ring (bicyclic) bond motifs is 1. The molecule has 1 aliphatic heterocycles. The molecule has 20 heavy (non-hydrogen) atoms. The van der Waals surface area contributed by atoms with Crippen LogP contribution in [0.25, 0.3) is 11.0 Å². The Morgan fingerprint density at radius 1 is 1.30 bits per heavy atom. The fraction of sp³-hybridized carbons (Fsp3) is 0.400. The van der Waals surface area contributed by atoms with E-state index in [0.717, 1.165) is 36.2 Å². The van der Waals surface area contributed by atoms with Crippen LogP contribution in [0.4, 0.5) is 5.69 Å². The van der Waals surface area contributed by atoms with Crippen molar-refractivity contribution in [2.75, 3.05) is 18.1 Å². The Morgan fingerprint density at radius 2 is 2.10 bits per heavy atom. The molecular formula is C15H20N4O. The smallest absolute Gasteiger partial charge is 0.305 e. The van der Waals surface area contributed by atoms with Gasteiger partial charge in [-0.1, -0.05) is 13.0 Å². The van der Waals surface area contributed by atoms with Gasteiger partial charge in [0.05, 0.1) is 23.3 Å². The molecule has 0 fully saturated rings. The second-order valence-electron chi connectivity index (χ2n) is 5.12. The third-order valence-corrected chi connectivity index (χ3v) is 3.95. The number of aromatic amines is 1. The number of benzene rings is 1. The predicted octanol–water partition coefficient (Wildman–Crippen LogP) is 2.22. The maximum atomic E-state index is 11.8. The highest BCUT2D eigenvalue weighted by molar-refractivity contribution is 5.89. The second-order valence-corrected chi connectivity index (χ2v) is 5.12. The normalized spacial score (nSPS) is 15.2. The number of aryl methyl sites for hydroxylation is 1. The van der Waals surface area contributed by atoms with Crippen LogP contribution in [-0.2, 0) is 7.05 Å². The van der Waals surface area contributed by atoms with Crippen LogP contribution in [0.1, 0.15) is 20.3 Å². The SMILES string of the molecule is CCC1=CN(CC)N(c2cccc3[nH]c(=O)n(C)c23)C1. The highest BCUT2D eigenvalue weighted by Crippen LogP contribution is 2.30. The van der Waals surface area contributed by atoms with E-state index in [2.05, 4.69) is 41.1 Å². The molecule has 0 radical (unpaired) electrons. The Balaban J connectivity index is 2.13. The summed E-state index contributed by atoms with van der Waals surface area (Å²) in [5.74, 6) is 0. The zero-order valence-corrected chi connectivity index (χ0v) is 12.2. The lowest BCUT2D eigenvalue weighted by molar-refractivity contribution is 0.396. The first-order valence-electron chi connectivity index (χ1n) is 7.07. The number of hydrogen-bond acceptors (Lipinski definition) is 3. The first-order valence-corrected chi connectivity index (χ1v) is 7.07. The summed E-state index contributed by atoms with van der Waals surface area (Å²) in [6, 6.07) is 6.01. The third kappa shape index (κ3) is 1.81. The van der Waals surface area contributed by atoms with Crippen LogP contribution in [0, 0.1) is 0 Å². The largest absolute Gasteiger partial charge is 0.326 e. The number of H-pyrrole nitrogens is 1. The van der Waals surface area contributed by atoms with E-state index in [-0.39, 0.29) is 5.69 Å². The van der Waals surface area contributed by atoms with Crippen molar-refractivity contribution in [3.8, 4) is 0 Å². The Morgan fingerprint density at radius 3 is 2.80 bits per heavy atom. The van der Waals surface area contributed by atoms with Gasteiger partial charge >= 0.3 is 5.69 Å². The average molecular weight is 272 g/mol. The van der Waals surface area contributed by atoms with Gasteiger partial charge in [-0.25, -0.2) is 4.79 Å². The van der Waals surface area contributed by atoms with Crippen LogP contribution in [0.15, 0.2) is 34.8 Å². The molecule has 1 aromatic carbocycles. The van der Waals surface area contributed by atoms with Crippen LogP contribution in [-0.4, -0.2) is 27.6 Å². The summed E-state index contributed by atoms with van der Waals surface area (Å²) in [6.07, 6.45) is 3.26. The fourth-order valence-electron chi connectivity index (χ4n) is 2.79. The van der Waals surface area contributed by atoms with Gasteiger partial charge in [0.25, 0.3) is 0 Å². The maximum absolute atomic E-state index is 11.8. The van der Waals surface area contributed by atoms with Gasteiger partial charge in [-0.3, -0.25) is 14.6 Å². The van der Waals surface area contributed by atoms with Crippen LogP contribution in [0.5, 0.6) is 0 Å². The Hall–Kier alpha value is -2.17. The highest BCUT2D eigenvalue weighted by atomic mass is 16.1. The number of nitrogens with zero attached hydrogens (tertiary/aromatic N) is 3. The van der Waals surface area contributed by atoms with Gasteiger partial charge in [-0.2, -0.15) is 0 Å². The minimum atomic E-state index is -0.0710. The molecule has 0 unspecified atom stereocenters. The number of anilines is 1. The van der Waals surface area contributed by atoms with Gasteiger partial charge in [-0.15, -0.1) is 0 Å². The molecule has 106 valence electrons. The second kappa shape index (κ2) is 4.74. The molecule has 5 nitrogen and oxygen atoms in total. The average Bonchev–Trinajstić information content (AvgIpc) is 3.00. The first kappa shape index (κ1) is 12.8. The molecule has 0 amide bonds. The van der Waals surface area contributed by atoms with Crippen molar-refractivity contribution < 1.29 is 0 Å². The monoisotopic (exact) mass is 272 g/mol. The van der Waals surface area contributed by atoms with Gasteiger partial charge in [0.2, 0.25) is 0 Å². The first-order chi connectivity index (χ1) is 9.65. The van der Waals surface area contributed by atoms with E-state index < -0.39 is 0 Å². The number of hydrazine groups is 1. The molecule has 0 atom stereocenters. The molecule has 0 bridgehead atoms. The number of para-hydroxylation sites is 1. The molecule has 1 N–H and O–H groups in total. The summed E-state index contributed by atoms with van der Waals surface area (Å²) in [7, 11) is 1.81. The van der Waals surface area contributed by atoms with Gasteiger partial charge in [0, 0.05) is 19.8 Å². The highest BCUT2D eigenvalue weighted by Gasteiger charge is 2.23. The molecule has 2 heterocycles. The van der Waals surface area contributed by atoms with E-state index in [0.29, 0.717) is 0 Å². The van der Waals surface area contributed by atoms with Gasteiger partial charge in [-0.05, 0) is 31.1 Å². The van der Waals surface area contributed by atoms with Crippen molar-refractivity contribution in [3.05, 3.63) is 40.5 Å². The van der Waals surface area contributed by atoms with Crippen molar-refractivity contribution >= 4 is 16.7 Å². The molecule has 0 aliphatic carbocycles. The Bertz CT molecular complexity index is 725. The molecule has 1 aromatic heterocycles. The third-order valence-electron chi connectivity index (χ3n) is 3.95. The lowest BCUT2D eigenvalue weighted by Crippen LogP contribution is -2.35. The van der Waals surface area contributed by atoms with Crippen molar-refractivity contribution in [2.24, 2.45) is 7.05 Å². The van der Waals surface area contributed by atoms with Crippen molar-refractivity contribution in [1.29, 1.82) is 0 Å². The molecule has 3 rings (SSSR count). The Labute approximate surface area is 118 Å². The number of aromatic nitrogens is 2. The number of nitrogens with one attached hydrogen (secondary N) is 1. The van der Waals surface area contributed by atoms with Crippen molar-refractivity contribution in [3.63, 3.8) is 0 Å². The molecule has 0 saturated carbocycles. The van der Waals surface area contributed by atoms with E-state index in [1.54, 1.807) is 4.57 Å². The van der Waals surface area contributed by atoms with Gasteiger partial charge < -0.3 is 4.98 Å². The maximum Gasteiger partial charge on any atom is 0.326 e. The predicted molar refractivity (Wildman–Crippen MR) is 81.6 cm³/mol. The quantitative estimate of drug-likeness (QED) is 0.931. The molecule has 5 heteroatoms. The molecule has 0 saturated heterocycles. The lowest BCUT2D eigenvalue weighted by Gasteiger charge is -2.30. The zero-order chi connectivity index (χ0) is 14.3. The molecule has 2 aromatic rings. The lowest BCUT2D eigenvalue weighted by atomic mass is 10.2. The van der Waals surface area contributed by atoms with E-state index >= 15 is 0 Å². The number of rotatable bonds is 3. The molecule has 0 spiro atoms. The van der Waals surface area contributed by atoms with Crippen molar-refractivity contribution in [1.82, 2.24) is 14.6 Å². The van der Waals surface area contributed by atoms with Gasteiger partial charge in [0.15, 0.2) is 0 Å². The number of imidazole rings is 1. The van der Waals surface area contributed by atoms with E-state index in [1.807, 2.05) is 19.2 Å². The van der Waals surface area contributed by atoms with Crippen molar-refractivity contribution in [2.45, 2.75) is 20.3 Å². The Kier molecular flexibility index (Phi) is 3.04. The van der Waals surface area contributed by atoms with E-state index in [1.165, 1.54) is 5.57 Å². The minimum Gasteiger partial charge on any atom is -0.305 e. The van der Waals surface area contributed by atoms with E-state index in [4.69, 9.17) is 0 Å². The summed E-state index contributed by atoms with van der Waals surface area (Å²) in [4.78, 5) is 14.7.